The van der Waals surface area contributed by atoms with Gasteiger partial charge in [-0.2, -0.15) is 0 Å². The van der Waals surface area contributed by atoms with Gasteiger partial charge in [0.05, 0.1) is 36.0 Å². The van der Waals surface area contributed by atoms with Crippen molar-refractivity contribution in [1.29, 1.82) is 0 Å². The Bertz CT molecular complexity index is 1170. The second-order valence-electron chi connectivity index (χ2n) is 8.13. The molecule has 8 nitrogen and oxygen atoms in total. The summed E-state index contributed by atoms with van der Waals surface area (Å²) in [6.45, 7) is 0.420. The maximum Gasteiger partial charge on any atom is 0.414 e. The van der Waals surface area contributed by atoms with Crippen molar-refractivity contribution in [2.75, 3.05) is 23.0 Å². The second kappa shape index (κ2) is 7.40. The van der Waals surface area contributed by atoms with Gasteiger partial charge in [0.1, 0.15) is 17.7 Å². The predicted molar refractivity (Wildman–Crippen MR) is 107 cm³/mol. The summed E-state index contributed by atoms with van der Waals surface area (Å²) in [5.41, 5.74) is 1.03. The standard InChI is InChI=1S/C20H20F2N4O4S/c21-16-7-14(8-17(22)19(16)13-3-5-31(28,29)6-4-13)26-10-15(30-20(26)27)9-25-11-18(23-24-25)12-1-2-12/h3,7-8,11-12,15H,1-2,4-6,9-10H2/t15-/m0/s1. The van der Waals surface area contributed by atoms with E-state index in [0.717, 1.165) is 30.7 Å². The Labute approximate surface area is 177 Å². The van der Waals surface area contributed by atoms with E-state index in [1.807, 2.05) is 6.20 Å². The summed E-state index contributed by atoms with van der Waals surface area (Å²) in [5, 5.41) is 8.17. The van der Waals surface area contributed by atoms with Crippen LogP contribution in [-0.4, -0.2) is 53.7 Å². The predicted octanol–water partition coefficient (Wildman–Crippen LogP) is 2.66. The van der Waals surface area contributed by atoms with Crippen molar-refractivity contribution in [1.82, 2.24) is 15.0 Å². The second-order valence-corrected chi connectivity index (χ2v) is 10.4. The number of nitrogens with zero attached hydrogens (tertiary/aromatic N) is 4. The van der Waals surface area contributed by atoms with Crippen molar-refractivity contribution in [2.24, 2.45) is 0 Å². The lowest BCUT2D eigenvalue weighted by atomic mass is 10.0. The maximum atomic E-state index is 14.8. The highest BCUT2D eigenvalue weighted by molar-refractivity contribution is 7.91. The van der Waals surface area contributed by atoms with Crippen molar-refractivity contribution >= 4 is 27.2 Å². The highest BCUT2D eigenvalue weighted by atomic mass is 32.2. The van der Waals surface area contributed by atoms with Gasteiger partial charge in [-0.1, -0.05) is 11.3 Å². The van der Waals surface area contributed by atoms with Gasteiger partial charge in [-0.3, -0.25) is 4.90 Å². The van der Waals surface area contributed by atoms with Crippen molar-refractivity contribution in [3.63, 3.8) is 0 Å². The van der Waals surface area contributed by atoms with Gasteiger partial charge >= 0.3 is 6.09 Å². The molecule has 1 saturated carbocycles. The Hall–Kier alpha value is -2.82. The summed E-state index contributed by atoms with van der Waals surface area (Å²) in [7, 11) is -3.21. The van der Waals surface area contributed by atoms with Crippen molar-refractivity contribution < 1.29 is 26.7 Å². The number of carbonyl (C=O) groups excluding carboxylic acids is 1. The highest BCUT2D eigenvalue weighted by Crippen LogP contribution is 2.38. The van der Waals surface area contributed by atoms with Crippen LogP contribution in [0.25, 0.3) is 5.57 Å². The lowest BCUT2D eigenvalue weighted by Crippen LogP contribution is -2.26. The molecule has 164 valence electrons. The van der Waals surface area contributed by atoms with Crippen molar-refractivity contribution in [3.05, 3.63) is 47.3 Å². The van der Waals surface area contributed by atoms with Crippen LogP contribution in [0.2, 0.25) is 0 Å². The topological polar surface area (TPSA) is 94.4 Å². The molecule has 0 N–H and O–H groups in total. The number of amides is 1. The number of allylic oxidation sites excluding steroid dienone is 1. The van der Waals surface area contributed by atoms with Gasteiger partial charge in [-0.15, -0.1) is 5.10 Å². The highest BCUT2D eigenvalue weighted by Gasteiger charge is 2.35. The van der Waals surface area contributed by atoms with Crippen LogP contribution in [0.1, 0.15) is 36.4 Å². The first-order chi connectivity index (χ1) is 14.8. The van der Waals surface area contributed by atoms with Crippen LogP contribution in [-0.2, 0) is 21.1 Å². The normalized spacial score (nSPS) is 23.0. The Morgan fingerprint density at radius 2 is 1.94 bits per heavy atom. The molecular formula is C20H20F2N4O4S. The summed E-state index contributed by atoms with van der Waals surface area (Å²) in [4.78, 5) is 13.5. The van der Waals surface area contributed by atoms with E-state index in [1.165, 1.54) is 11.0 Å². The van der Waals surface area contributed by atoms with E-state index in [4.69, 9.17) is 4.74 Å². The molecule has 2 fully saturated rings. The van der Waals surface area contributed by atoms with Crippen LogP contribution in [0.4, 0.5) is 19.3 Å². The fraction of sp³-hybridized carbons (Fsp3) is 0.450. The molecule has 1 atom stereocenters. The van der Waals surface area contributed by atoms with Crippen LogP contribution in [0.5, 0.6) is 0 Å². The zero-order chi connectivity index (χ0) is 21.8. The minimum absolute atomic E-state index is 0.0457. The van der Waals surface area contributed by atoms with E-state index in [1.54, 1.807) is 4.68 Å². The summed E-state index contributed by atoms with van der Waals surface area (Å²) in [6, 6.07) is 2.15. The fourth-order valence-corrected chi connectivity index (χ4v) is 5.09. The minimum atomic E-state index is -3.21. The molecular weight excluding hydrogens is 430 g/mol. The van der Waals surface area contributed by atoms with Crippen LogP contribution in [0.3, 0.4) is 0 Å². The average molecular weight is 450 g/mol. The van der Waals surface area contributed by atoms with E-state index in [9.17, 15) is 22.0 Å². The summed E-state index contributed by atoms with van der Waals surface area (Å²) in [5.74, 6) is -1.62. The van der Waals surface area contributed by atoms with E-state index < -0.39 is 33.7 Å². The molecule has 0 radical (unpaired) electrons. The van der Waals surface area contributed by atoms with Gasteiger partial charge in [0.15, 0.2) is 9.84 Å². The molecule has 2 aliphatic heterocycles. The van der Waals surface area contributed by atoms with Crippen molar-refractivity contribution in [3.8, 4) is 0 Å². The first kappa shape index (κ1) is 20.1. The minimum Gasteiger partial charge on any atom is -0.442 e. The van der Waals surface area contributed by atoms with Crippen LogP contribution in [0, 0.1) is 11.6 Å². The lowest BCUT2D eigenvalue weighted by molar-refractivity contribution is 0.129. The van der Waals surface area contributed by atoms with Crippen LogP contribution < -0.4 is 4.90 Å². The number of hydrogen-bond donors (Lipinski definition) is 0. The van der Waals surface area contributed by atoms with E-state index in [2.05, 4.69) is 10.3 Å². The largest absolute Gasteiger partial charge is 0.442 e. The molecule has 1 saturated heterocycles. The maximum absolute atomic E-state index is 14.8. The molecule has 1 amide bonds. The molecule has 1 aromatic heterocycles. The number of cyclic esters (lactones) is 1. The average Bonchev–Trinajstić information content (AvgIpc) is 3.34. The number of rotatable bonds is 5. The monoisotopic (exact) mass is 450 g/mol. The molecule has 1 aliphatic carbocycles. The molecule has 2 aromatic rings. The SMILES string of the molecule is O=C1O[C@@H](Cn2cc(C3CC3)nn2)CN1c1cc(F)c(C2=CCS(=O)(=O)CC2)c(F)c1. The zero-order valence-electron chi connectivity index (χ0n) is 16.5. The van der Waals surface area contributed by atoms with Gasteiger partial charge in [0.25, 0.3) is 0 Å². The Kier molecular flexibility index (Phi) is 4.80. The van der Waals surface area contributed by atoms with Gasteiger partial charge in [-0.05, 0) is 37.0 Å². The molecule has 31 heavy (non-hydrogen) atoms. The van der Waals surface area contributed by atoms with Crippen LogP contribution in [0.15, 0.2) is 24.4 Å². The van der Waals surface area contributed by atoms with Gasteiger partial charge in [0.2, 0.25) is 0 Å². The van der Waals surface area contributed by atoms with Gasteiger partial charge in [0, 0.05) is 17.7 Å². The number of aromatic nitrogens is 3. The first-order valence-corrected chi connectivity index (χ1v) is 11.9. The molecule has 0 unspecified atom stereocenters. The van der Waals surface area contributed by atoms with E-state index in [0.29, 0.717) is 18.0 Å². The Balaban J connectivity index is 1.32. The van der Waals surface area contributed by atoms with Gasteiger partial charge in [-0.25, -0.2) is 26.7 Å². The summed E-state index contributed by atoms with van der Waals surface area (Å²) in [6.07, 6.45) is 4.20. The number of carbonyl (C=O) groups is 1. The zero-order valence-corrected chi connectivity index (χ0v) is 17.3. The van der Waals surface area contributed by atoms with Crippen molar-refractivity contribution in [2.45, 2.75) is 37.8 Å². The lowest BCUT2D eigenvalue weighted by Gasteiger charge is -2.18. The third-order valence-corrected chi connectivity index (χ3v) is 7.24. The number of halogens is 2. The van der Waals surface area contributed by atoms with Crippen LogP contribution >= 0.6 is 0 Å². The van der Waals surface area contributed by atoms with E-state index in [-0.39, 0.29) is 35.7 Å². The molecule has 0 bridgehead atoms. The van der Waals surface area contributed by atoms with E-state index >= 15 is 0 Å². The Morgan fingerprint density at radius 3 is 2.58 bits per heavy atom. The number of anilines is 1. The summed E-state index contributed by atoms with van der Waals surface area (Å²) < 4.78 is 59.6. The number of ether oxygens (including phenoxy) is 1. The summed E-state index contributed by atoms with van der Waals surface area (Å²) >= 11 is 0. The Morgan fingerprint density at radius 1 is 1.19 bits per heavy atom. The molecule has 0 spiro atoms. The molecule has 5 rings (SSSR count). The number of benzene rings is 1. The number of hydrogen-bond acceptors (Lipinski definition) is 6. The third-order valence-electron chi connectivity index (χ3n) is 5.74. The fourth-order valence-electron chi connectivity index (χ4n) is 3.93. The molecule has 3 aliphatic rings. The first-order valence-electron chi connectivity index (χ1n) is 10.1. The molecule has 3 heterocycles. The third kappa shape index (κ3) is 4.06. The van der Waals surface area contributed by atoms with Gasteiger partial charge < -0.3 is 4.74 Å². The molecule has 11 heteroatoms. The number of sulfone groups is 1. The molecule has 1 aromatic carbocycles. The smallest absolute Gasteiger partial charge is 0.414 e. The quantitative estimate of drug-likeness (QED) is 0.695.